The van der Waals surface area contributed by atoms with Crippen LogP contribution in [-0.4, -0.2) is 36.6 Å². The summed E-state index contributed by atoms with van der Waals surface area (Å²) >= 11 is 0. The van der Waals surface area contributed by atoms with Crippen molar-refractivity contribution in [1.82, 2.24) is 0 Å². The van der Waals surface area contributed by atoms with Gasteiger partial charge in [-0.15, -0.1) is 0 Å². The lowest BCUT2D eigenvalue weighted by Crippen LogP contribution is -2.53. The number of alkyl halides is 3. The lowest BCUT2D eigenvalue weighted by atomic mass is 10.1. The fourth-order valence-corrected chi connectivity index (χ4v) is 4.09. The average Bonchev–Trinajstić information content (AvgIpc) is 2.87. The van der Waals surface area contributed by atoms with Gasteiger partial charge in [0, 0.05) is 11.7 Å². The summed E-state index contributed by atoms with van der Waals surface area (Å²) in [4.78, 5) is 27.9. The Bertz CT molecular complexity index is 960. The van der Waals surface area contributed by atoms with Crippen LogP contribution >= 0.6 is 0 Å². The molecule has 2 aliphatic heterocycles. The number of nitrogens with zero attached hydrogens (tertiary/aromatic N) is 2. The fourth-order valence-electron chi connectivity index (χ4n) is 4.09. The topological polar surface area (TPSA) is 52.7 Å². The number of hydrogen-bond donors (Lipinski definition) is 1. The van der Waals surface area contributed by atoms with Crippen LogP contribution in [0.3, 0.4) is 0 Å². The van der Waals surface area contributed by atoms with Gasteiger partial charge in [0.1, 0.15) is 6.04 Å². The number of para-hydroxylation sites is 3. The summed E-state index contributed by atoms with van der Waals surface area (Å²) in [5.41, 5.74) is 2.18. The largest absolute Gasteiger partial charge is 0.409 e. The first-order chi connectivity index (χ1) is 13.8. The minimum absolute atomic E-state index is 0.0114. The molecule has 152 valence electrons. The number of nitrogens with one attached hydrogen (secondary N) is 1. The molecule has 0 saturated carbocycles. The molecule has 2 atom stereocenters. The fraction of sp³-hybridized carbons (Fsp3) is 0.333. The Morgan fingerprint density at radius 1 is 1.07 bits per heavy atom. The van der Waals surface area contributed by atoms with E-state index in [0.29, 0.717) is 0 Å². The van der Waals surface area contributed by atoms with E-state index in [9.17, 15) is 22.8 Å². The summed E-state index contributed by atoms with van der Waals surface area (Å²) in [6, 6.07) is 11.4. The van der Waals surface area contributed by atoms with E-state index in [2.05, 4.69) is 5.32 Å². The Balaban J connectivity index is 1.72. The zero-order chi connectivity index (χ0) is 20.8. The monoisotopic (exact) mass is 403 g/mol. The number of carbonyl (C=O) groups excluding carboxylic acids is 2. The summed E-state index contributed by atoms with van der Waals surface area (Å²) in [6.07, 6.45) is -4.85. The number of hydrogen-bond acceptors (Lipinski definition) is 3. The van der Waals surface area contributed by atoms with E-state index in [-0.39, 0.29) is 24.0 Å². The predicted octanol–water partition coefficient (Wildman–Crippen LogP) is 3.74. The second kappa shape index (κ2) is 7.09. The van der Waals surface area contributed by atoms with Crippen molar-refractivity contribution in [1.29, 1.82) is 0 Å². The van der Waals surface area contributed by atoms with Gasteiger partial charge in [0.25, 0.3) is 0 Å². The van der Waals surface area contributed by atoms with Crippen molar-refractivity contribution in [2.45, 2.75) is 38.0 Å². The lowest BCUT2D eigenvalue weighted by Gasteiger charge is -2.34. The van der Waals surface area contributed by atoms with Crippen molar-refractivity contribution in [2.24, 2.45) is 0 Å². The molecule has 0 bridgehead atoms. The van der Waals surface area contributed by atoms with Crippen LogP contribution in [0.15, 0.2) is 48.5 Å². The molecule has 4 rings (SSSR count). The lowest BCUT2D eigenvalue weighted by molar-refractivity contribution is -0.157. The summed E-state index contributed by atoms with van der Waals surface area (Å²) in [5, 5.41) is 2.48. The predicted molar refractivity (Wildman–Crippen MR) is 104 cm³/mol. The molecule has 0 spiro atoms. The first kappa shape index (κ1) is 19.3. The van der Waals surface area contributed by atoms with Crippen LogP contribution in [0.5, 0.6) is 0 Å². The van der Waals surface area contributed by atoms with Crippen LogP contribution in [0.1, 0.15) is 18.9 Å². The van der Waals surface area contributed by atoms with Crippen LogP contribution in [0.2, 0.25) is 0 Å². The van der Waals surface area contributed by atoms with E-state index in [0.717, 1.165) is 22.6 Å². The van der Waals surface area contributed by atoms with Crippen LogP contribution in [-0.2, 0) is 16.0 Å². The third kappa shape index (κ3) is 3.54. The molecule has 0 saturated heterocycles. The Kier molecular flexibility index (Phi) is 4.72. The van der Waals surface area contributed by atoms with Gasteiger partial charge >= 0.3 is 6.18 Å². The number of carbonyl (C=O) groups is 2. The van der Waals surface area contributed by atoms with Crippen molar-refractivity contribution in [3.63, 3.8) is 0 Å². The second-order valence-corrected chi connectivity index (χ2v) is 7.40. The number of benzene rings is 2. The molecule has 2 unspecified atom stereocenters. The van der Waals surface area contributed by atoms with Gasteiger partial charge in [-0.05, 0) is 37.1 Å². The number of amides is 2. The quantitative estimate of drug-likeness (QED) is 0.831. The Hall–Kier alpha value is -3.03. The summed E-state index contributed by atoms with van der Waals surface area (Å²) < 4.78 is 41.5. The van der Waals surface area contributed by atoms with Crippen molar-refractivity contribution in [3.05, 3.63) is 54.1 Å². The maximum absolute atomic E-state index is 13.8. The van der Waals surface area contributed by atoms with Gasteiger partial charge in [0.15, 0.2) is 0 Å². The highest BCUT2D eigenvalue weighted by molar-refractivity contribution is 6.06. The van der Waals surface area contributed by atoms with Crippen LogP contribution < -0.4 is 15.1 Å². The SMILES string of the molecule is CC1Cc2ccccc2N1CC(=O)N1c2ccccc2NC(=O)CC1C(F)(F)F. The van der Waals surface area contributed by atoms with Gasteiger partial charge in [-0.1, -0.05) is 30.3 Å². The van der Waals surface area contributed by atoms with Gasteiger partial charge < -0.3 is 10.2 Å². The van der Waals surface area contributed by atoms with Crippen molar-refractivity contribution in [2.75, 3.05) is 21.7 Å². The second-order valence-electron chi connectivity index (χ2n) is 7.40. The Morgan fingerprint density at radius 2 is 1.72 bits per heavy atom. The maximum Gasteiger partial charge on any atom is 0.409 e. The van der Waals surface area contributed by atoms with E-state index >= 15 is 0 Å². The molecular weight excluding hydrogens is 383 g/mol. The highest BCUT2D eigenvalue weighted by Crippen LogP contribution is 2.38. The molecule has 2 aromatic rings. The molecule has 0 fully saturated rings. The molecule has 1 N–H and O–H groups in total. The zero-order valence-electron chi connectivity index (χ0n) is 15.7. The first-order valence-electron chi connectivity index (χ1n) is 9.38. The molecular formula is C21H20F3N3O2. The van der Waals surface area contributed by atoms with Crippen molar-refractivity contribution < 1.29 is 22.8 Å². The zero-order valence-corrected chi connectivity index (χ0v) is 15.7. The molecule has 8 heteroatoms. The van der Waals surface area contributed by atoms with E-state index in [1.165, 1.54) is 12.1 Å². The number of fused-ring (bicyclic) bond motifs is 2. The van der Waals surface area contributed by atoms with E-state index in [1.807, 2.05) is 36.1 Å². The van der Waals surface area contributed by atoms with Crippen molar-refractivity contribution >= 4 is 28.9 Å². The van der Waals surface area contributed by atoms with E-state index in [1.54, 1.807) is 12.1 Å². The normalized spacial score (nSPS) is 21.3. The minimum atomic E-state index is -4.74. The molecule has 0 radical (unpaired) electrons. The number of halogens is 3. The molecule has 0 aromatic heterocycles. The smallest absolute Gasteiger partial charge is 0.359 e. The first-order valence-corrected chi connectivity index (χ1v) is 9.38. The van der Waals surface area contributed by atoms with Crippen molar-refractivity contribution in [3.8, 4) is 0 Å². The van der Waals surface area contributed by atoms with Crippen LogP contribution in [0.4, 0.5) is 30.2 Å². The third-order valence-corrected chi connectivity index (χ3v) is 5.43. The molecule has 2 aliphatic rings. The average molecular weight is 403 g/mol. The summed E-state index contributed by atoms with van der Waals surface area (Å²) in [7, 11) is 0. The summed E-state index contributed by atoms with van der Waals surface area (Å²) in [5.74, 6) is -1.46. The molecule has 0 aliphatic carbocycles. The highest BCUT2D eigenvalue weighted by Gasteiger charge is 2.49. The molecule has 2 heterocycles. The molecule has 29 heavy (non-hydrogen) atoms. The van der Waals surface area contributed by atoms with Gasteiger partial charge in [-0.3, -0.25) is 14.5 Å². The standard InChI is InChI=1S/C21H20F3N3O2/c1-13-10-14-6-2-4-8-16(14)26(13)12-20(29)27-17-9-5-3-7-15(17)25-19(28)11-18(27)21(22,23)24/h2-9,13,18H,10-12H2,1H3,(H,25,28). The molecule has 2 amide bonds. The van der Waals surface area contributed by atoms with Gasteiger partial charge in [-0.25, -0.2) is 0 Å². The highest BCUT2D eigenvalue weighted by atomic mass is 19.4. The number of anilines is 3. The van der Waals surface area contributed by atoms with Gasteiger partial charge in [0.05, 0.1) is 24.3 Å². The van der Waals surface area contributed by atoms with Gasteiger partial charge in [-0.2, -0.15) is 13.2 Å². The molecule has 5 nitrogen and oxygen atoms in total. The van der Waals surface area contributed by atoms with Crippen LogP contribution in [0.25, 0.3) is 0 Å². The summed E-state index contributed by atoms with van der Waals surface area (Å²) in [6.45, 7) is 1.74. The Morgan fingerprint density at radius 3 is 2.45 bits per heavy atom. The van der Waals surface area contributed by atoms with E-state index < -0.39 is 30.5 Å². The number of rotatable bonds is 2. The Labute approximate surface area is 166 Å². The van der Waals surface area contributed by atoms with E-state index in [4.69, 9.17) is 0 Å². The maximum atomic E-state index is 13.8. The third-order valence-electron chi connectivity index (χ3n) is 5.43. The van der Waals surface area contributed by atoms with Gasteiger partial charge in [0.2, 0.25) is 11.8 Å². The van der Waals surface area contributed by atoms with Crippen LogP contribution in [0, 0.1) is 0 Å². The molecule has 2 aromatic carbocycles. The minimum Gasteiger partial charge on any atom is -0.359 e.